The number of sulfonamides is 1. The first-order valence-electron chi connectivity index (χ1n) is 6.89. The molecule has 8 heteroatoms. The second-order valence-corrected chi connectivity index (χ2v) is 7.39. The lowest BCUT2D eigenvalue weighted by Gasteiger charge is -2.19. The lowest BCUT2D eigenvalue weighted by Crippen LogP contribution is -2.41. The molecule has 0 aliphatic carbocycles. The monoisotopic (exact) mass is 338 g/mol. The van der Waals surface area contributed by atoms with Crippen LogP contribution in [-0.4, -0.2) is 21.0 Å². The maximum atomic E-state index is 12.6. The molecule has 0 aliphatic rings. The first-order chi connectivity index (χ1) is 10.0. The van der Waals surface area contributed by atoms with Crippen molar-refractivity contribution in [3.05, 3.63) is 35.4 Å². The lowest BCUT2D eigenvalue weighted by molar-refractivity contribution is -0.137. The van der Waals surface area contributed by atoms with E-state index in [1.54, 1.807) is 0 Å². The Bertz CT molecular complexity index is 586. The second kappa shape index (κ2) is 7.43. The third kappa shape index (κ3) is 6.33. The Morgan fingerprint density at radius 1 is 1.27 bits per heavy atom. The van der Waals surface area contributed by atoms with Gasteiger partial charge in [0, 0.05) is 12.6 Å². The van der Waals surface area contributed by atoms with Gasteiger partial charge in [0.2, 0.25) is 10.0 Å². The zero-order valence-electron chi connectivity index (χ0n) is 12.5. The molecule has 0 amide bonds. The second-order valence-electron chi connectivity index (χ2n) is 5.64. The van der Waals surface area contributed by atoms with Crippen LogP contribution in [0, 0.1) is 5.92 Å². The van der Waals surface area contributed by atoms with Gasteiger partial charge in [0.05, 0.1) is 11.3 Å². The summed E-state index contributed by atoms with van der Waals surface area (Å²) in [6.45, 7) is 4.01. The highest BCUT2D eigenvalue weighted by Gasteiger charge is 2.30. The van der Waals surface area contributed by atoms with E-state index in [4.69, 9.17) is 5.73 Å². The van der Waals surface area contributed by atoms with Crippen LogP contribution in [0.1, 0.15) is 31.4 Å². The first kappa shape index (κ1) is 18.9. The van der Waals surface area contributed by atoms with Gasteiger partial charge in [-0.25, -0.2) is 13.1 Å². The van der Waals surface area contributed by atoms with E-state index < -0.39 is 33.6 Å². The highest BCUT2D eigenvalue weighted by Crippen LogP contribution is 2.29. The Kier molecular flexibility index (Phi) is 6.39. The summed E-state index contributed by atoms with van der Waals surface area (Å²) in [6.07, 6.45) is -3.93. The van der Waals surface area contributed by atoms with Crippen LogP contribution in [0.3, 0.4) is 0 Å². The molecule has 0 aromatic heterocycles. The fraction of sp³-hybridized carbons (Fsp3) is 0.571. The molecule has 22 heavy (non-hydrogen) atoms. The van der Waals surface area contributed by atoms with Gasteiger partial charge in [-0.1, -0.05) is 32.0 Å². The Morgan fingerprint density at radius 2 is 1.91 bits per heavy atom. The van der Waals surface area contributed by atoms with Gasteiger partial charge >= 0.3 is 6.18 Å². The molecule has 0 heterocycles. The fourth-order valence-corrected chi connectivity index (χ4v) is 3.52. The molecule has 126 valence electrons. The van der Waals surface area contributed by atoms with Crippen LogP contribution < -0.4 is 10.5 Å². The Balaban J connectivity index is 2.84. The van der Waals surface area contributed by atoms with Crippen LogP contribution in [0.15, 0.2) is 24.3 Å². The van der Waals surface area contributed by atoms with Crippen molar-refractivity contribution < 1.29 is 21.6 Å². The summed E-state index contributed by atoms with van der Waals surface area (Å²) < 4.78 is 64.5. The minimum absolute atomic E-state index is 0.0858. The molecular formula is C14H21F3N2O2S. The van der Waals surface area contributed by atoms with Gasteiger partial charge in [0.1, 0.15) is 0 Å². The number of halogens is 3. The number of rotatable bonds is 7. The molecule has 0 bridgehead atoms. The number of alkyl halides is 3. The number of nitrogens with two attached hydrogens (primary N) is 1. The topological polar surface area (TPSA) is 72.2 Å². The molecule has 1 aromatic rings. The van der Waals surface area contributed by atoms with Crippen molar-refractivity contribution in [2.75, 3.05) is 6.54 Å². The van der Waals surface area contributed by atoms with Gasteiger partial charge in [-0.05, 0) is 24.0 Å². The van der Waals surface area contributed by atoms with Crippen molar-refractivity contribution in [3.8, 4) is 0 Å². The average Bonchev–Trinajstić information content (AvgIpc) is 2.35. The number of benzene rings is 1. The minimum atomic E-state index is -4.50. The molecule has 0 fully saturated rings. The summed E-state index contributed by atoms with van der Waals surface area (Å²) >= 11 is 0. The smallest absolute Gasteiger partial charge is 0.329 e. The van der Waals surface area contributed by atoms with E-state index in [1.807, 2.05) is 13.8 Å². The zero-order chi connectivity index (χ0) is 17.0. The highest BCUT2D eigenvalue weighted by molar-refractivity contribution is 7.88. The molecule has 0 saturated heterocycles. The van der Waals surface area contributed by atoms with Gasteiger partial charge in [-0.15, -0.1) is 0 Å². The maximum Gasteiger partial charge on any atom is 0.416 e. The van der Waals surface area contributed by atoms with Crippen LogP contribution in [0.5, 0.6) is 0 Å². The average molecular weight is 338 g/mol. The molecule has 4 nitrogen and oxygen atoms in total. The molecule has 0 aliphatic heterocycles. The van der Waals surface area contributed by atoms with Crippen molar-refractivity contribution in [2.24, 2.45) is 11.7 Å². The van der Waals surface area contributed by atoms with Gasteiger partial charge in [0.25, 0.3) is 0 Å². The SMILES string of the molecule is CC(C)CC(CN)NS(=O)(=O)Cc1cccc(C(F)(F)F)c1. The molecule has 1 rings (SSSR count). The van der Waals surface area contributed by atoms with Crippen molar-refractivity contribution in [1.82, 2.24) is 4.72 Å². The molecule has 0 spiro atoms. The minimum Gasteiger partial charge on any atom is -0.329 e. The molecule has 3 N–H and O–H groups in total. The van der Waals surface area contributed by atoms with Crippen molar-refractivity contribution in [2.45, 2.75) is 38.2 Å². The van der Waals surface area contributed by atoms with Crippen molar-refractivity contribution in [1.29, 1.82) is 0 Å². The van der Waals surface area contributed by atoms with Crippen LogP contribution in [-0.2, 0) is 22.0 Å². The maximum absolute atomic E-state index is 12.6. The van der Waals surface area contributed by atoms with E-state index in [1.165, 1.54) is 12.1 Å². The Hall–Kier alpha value is -1.12. The standard InChI is InChI=1S/C14H21F3N2O2S/c1-10(2)6-13(8-18)19-22(20,21)9-11-4-3-5-12(7-11)14(15,16)17/h3-5,7,10,13,19H,6,8-9,18H2,1-2H3. The molecule has 1 unspecified atom stereocenters. The summed E-state index contributed by atoms with van der Waals surface area (Å²) in [5.41, 5.74) is 4.75. The van der Waals surface area contributed by atoms with Crippen molar-refractivity contribution in [3.63, 3.8) is 0 Å². The quantitative estimate of drug-likeness (QED) is 0.802. The normalized spacial score (nSPS) is 14.3. The lowest BCUT2D eigenvalue weighted by atomic mass is 10.1. The molecular weight excluding hydrogens is 317 g/mol. The van der Waals surface area contributed by atoms with E-state index >= 15 is 0 Å². The number of hydrogen-bond donors (Lipinski definition) is 2. The number of hydrogen-bond acceptors (Lipinski definition) is 3. The Labute approximate surface area is 128 Å². The summed E-state index contributed by atoms with van der Waals surface area (Å²) in [4.78, 5) is 0. The third-order valence-electron chi connectivity index (χ3n) is 3.00. The summed E-state index contributed by atoms with van der Waals surface area (Å²) in [6, 6.07) is 3.89. The largest absolute Gasteiger partial charge is 0.416 e. The fourth-order valence-electron chi connectivity index (χ4n) is 2.11. The van der Waals surface area contributed by atoms with E-state index in [2.05, 4.69) is 4.72 Å². The molecule has 0 saturated carbocycles. The van der Waals surface area contributed by atoms with E-state index in [-0.39, 0.29) is 18.0 Å². The zero-order valence-corrected chi connectivity index (χ0v) is 13.3. The van der Waals surface area contributed by atoms with Gasteiger partial charge in [0.15, 0.2) is 0 Å². The van der Waals surface area contributed by atoms with E-state index in [9.17, 15) is 21.6 Å². The molecule has 1 atom stereocenters. The van der Waals surface area contributed by atoms with E-state index in [0.29, 0.717) is 6.42 Å². The van der Waals surface area contributed by atoms with Crippen molar-refractivity contribution >= 4 is 10.0 Å². The van der Waals surface area contributed by atoms with Gasteiger partial charge in [-0.3, -0.25) is 0 Å². The molecule has 1 aromatic carbocycles. The van der Waals surface area contributed by atoms with Gasteiger partial charge in [-0.2, -0.15) is 13.2 Å². The highest BCUT2D eigenvalue weighted by atomic mass is 32.2. The van der Waals surface area contributed by atoms with Gasteiger partial charge < -0.3 is 5.73 Å². The first-order valence-corrected chi connectivity index (χ1v) is 8.55. The predicted octanol–water partition coefficient (Wildman–Crippen LogP) is 2.50. The van der Waals surface area contributed by atoms with Crippen LogP contribution in [0.4, 0.5) is 13.2 Å². The predicted molar refractivity (Wildman–Crippen MR) is 79.5 cm³/mol. The third-order valence-corrected chi connectivity index (χ3v) is 4.40. The summed E-state index contributed by atoms with van der Waals surface area (Å²) in [5.74, 6) is -0.254. The van der Waals surface area contributed by atoms with Crippen LogP contribution in [0.2, 0.25) is 0 Å². The van der Waals surface area contributed by atoms with Crippen LogP contribution >= 0.6 is 0 Å². The Morgan fingerprint density at radius 3 is 2.41 bits per heavy atom. The number of nitrogens with one attached hydrogen (secondary N) is 1. The van der Waals surface area contributed by atoms with Crippen LogP contribution in [0.25, 0.3) is 0 Å². The van der Waals surface area contributed by atoms with E-state index in [0.717, 1.165) is 12.1 Å². The summed E-state index contributed by atoms with van der Waals surface area (Å²) in [5, 5.41) is 0. The molecule has 0 radical (unpaired) electrons. The summed E-state index contributed by atoms with van der Waals surface area (Å²) in [7, 11) is -3.75.